The predicted octanol–water partition coefficient (Wildman–Crippen LogP) is 3.14. The Hall–Kier alpha value is -2.24. The molecule has 6 heteroatoms. The van der Waals surface area contributed by atoms with Crippen LogP contribution in [0.25, 0.3) is 0 Å². The van der Waals surface area contributed by atoms with Crippen molar-refractivity contribution >= 4 is 23.4 Å². The van der Waals surface area contributed by atoms with Crippen molar-refractivity contribution in [2.75, 3.05) is 10.6 Å². The quantitative estimate of drug-likeness (QED) is 0.833. The number of nitrogens with one attached hydrogen (secondary N) is 2. The molecule has 2 rings (SSSR count). The Balaban J connectivity index is 2.24. The molecule has 0 atom stereocenters. The second-order valence-corrected chi connectivity index (χ2v) is 6.37. The van der Waals surface area contributed by atoms with Gasteiger partial charge in [-0.15, -0.1) is 0 Å². The molecule has 1 aromatic carbocycles. The van der Waals surface area contributed by atoms with Gasteiger partial charge in [0.05, 0.1) is 5.69 Å². The van der Waals surface area contributed by atoms with Crippen molar-refractivity contribution in [1.29, 1.82) is 0 Å². The van der Waals surface area contributed by atoms with E-state index in [-0.39, 0.29) is 5.91 Å². The van der Waals surface area contributed by atoms with E-state index in [1.807, 2.05) is 0 Å². The van der Waals surface area contributed by atoms with Crippen LogP contribution in [0, 0.1) is 0 Å². The van der Waals surface area contributed by atoms with Gasteiger partial charge in [0.25, 0.3) is 5.91 Å². The maximum Gasteiger partial charge on any atom is 0.412 e. The van der Waals surface area contributed by atoms with Crippen molar-refractivity contribution in [3.63, 3.8) is 0 Å². The maximum atomic E-state index is 12.0. The number of amides is 2. The van der Waals surface area contributed by atoms with E-state index in [2.05, 4.69) is 10.6 Å². The highest BCUT2D eigenvalue weighted by atomic mass is 16.6. The van der Waals surface area contributed by atoms with Crippen molar-refractivity contribution in [3.05, 3.63) is 18.2 Å². The Morgan fingerprint density at radius 2 is 2.00 bits per heavy atom. The molecule has 1 aromatic rings. The van der Waals surface area contributed by atoms with Gasteiger partial charge >= 0.3 is 6.09 Å². The van der Waals surface area contributed by atoms with Crippen molar-refractivity contribution in [3.8, 4) is 5.75 Å². The standard InChI is InChI=1S/C15H20N2O4/c1-14(2,3)21-13(19)16-9-7-6-8-10-11(9)17-12(18)15(4,5)20-10/h6-8H,1-5H3,(H,16,19)(H,17,18). The molecule has 1 aliphatic heterocycles. The molecule has 0 aliphatic carbocycles. The third-order valence-electron chi connectivity index (χ3n) is 2.81. The lowest BCUT2D eigenvalue weighted by molar-refractivity contribution is -0.129. The van der Waals surface area contributed by atoms with Gasteiger partial charge in [-0.3, -0.25) is 10.1 Å². The topological polar surface area (TPSA) is 76.7 Å². The number of ether oxygens (including phenoxy) is 2. The minimum absolute atomic E-state index is 0.270. The summed E-state index contributed by atoms with van der Waals surface area (Å²) in [6.07, 6.45) is -0.588. The maximum absolute atomic E-state index is 12.0. The molecule has 0 fully saturated rings. The molecule has 0 unspecified atom stereocenters. The smallest absolute Gasteiger partial charge is 0.412 e. The van der Waals surface area contributed by atoms with E-state index in [0.29, 0.717) is 17.1 Å². The summed E-state index contributed by atoms with van der Waals surface area (Å²) >= 11 is 0. The number of para-hydroxylation sites is 1. The van der Waals surface area contributed by atoms with Gasteiger partial charge < -0.3 is 14.8 Å². The summed E-state index contributed by atoms with van der Waals surface area (Å²) < 4.78 is 10.8. The van der Waals surface area contributed by atoms with Gasteiger partial charge in [0, 0.05) is 0 Å². The number of carbonyl (C=O) groups is 2. The number of hydrogen-bond acceptors (Lipinski definition) is 4. The Morgan fingerprint density at radius 3 is 2.62 bits per heavy atom. The summed E-state index contributed by atoms with van der Waals surface area (Å²) in [4.78, 5) is 23.8. The van der Waals surface area contributed by atoms with Gasteiger partial charge in [-0.05, 0) is 46.8 Å². The van der Waals surface area contributed by atoms with Crippen LogP contribution in [0.2, 0.25) is 0 Å². The van der Waals surface area contributed by atoms with Gasteiger partial charge in [-0.1, -0.05) is 6.07 Å². The van der Waals surface area contributed by atoms with Crippen LogP contribution in [-0.2, 0) is 9.53 Å². The molecule has 0 saturated heterocycles. The van der Waals surface area contributed by atoms with E-state index >= 15 is 0 Å². The van der Waals surface area contributed by atoms with Crippen LogP contribution in [0.4, 0.5) is 16.2 Å². The van der Waals surface area contributed by atoms with E-state index in [4.69, 9.17) is 9.47 Å². The summed E-state index contributed by atoms with van der Waals surface area (Å²) in [7, 11) is 0. The molecule has 1 aliphatic rings. The second kappa shape index (κ2) is 4.95. The Bertz CT molecular complexity index is 588. The van der Waals surface area contributed by atoms with Gasteiger partial charge in [0.2, 0.25) is 0 Å². The molecule has 6 nitrogen and oxygen atoms in total. The van der Waals surface area contributed by atoms with E-state index < -0.39 is 17.3 Å². The van der Waals surface area contributed by atoms with Gasteiger partial charge in [0.1, 0.15) is 17.0 Å². The zero-order valence-electron chi connectivity index (χ0n) is 12.9. The number of hydrogen-bond donors (Lipinski definition) is 2. The van der Waals surface area contributed by atoms with Crippen molar-refractivity contribution in [2.24, 2.45) is 0 Å². The number of rotatable bonds is 1. The highest BCUT2D eigenvalue weighted by molar-refractivity contribution is 6.05. The minimum Gasteiger partial charge on any atom is -0.476 e. The summed E-state index contributed by atoms with van der Waals surface area (Å²) in [5, 5.41) is 5.37. The van der Waals surface area contributed by atoms with Gasteiger partial charge in [-0.25, -0.2) is 4.79 Å². The lowest BCUT2D eigenvalue weighted by Crippen LogP contribution is -2.45. The molecule has 21 heavy (non-hydrogen) atoms. The SMILES string of the molecule is CC(C)(C)OC(=O)Nc1cccc2c1NC(=O)C(C)(C)O2. The second-order valence-electron chi connectivity index (χ2n) is 6.37. The molecule has 1 heterocycles. The number of fused-ring (bicyclic) bond motifs is 1. The molecule has 2 amide bonds. The number of carbonyl (C=O) groups excluding carboxylic acids is 2. The third kappa shape index (κ3) is 3.45. The van der Waals surface area contributed by atoms with E-state index in [1.165, 1.54) is 0 Å². The van der Waals surface area contributed by atoms with Crippen LogP contribution in [-0.4, -0.2) is 23.2 Å². The Labute approximate surface area is 123 Å². The number of benzene rings is 1. The monoisotopic (exact) mass is 292 g/mol. The minimum atomic E-state index is -0.947. The van der Waals surface area contributed by atoms with Gasteiger partial charge in [0.15, 0.2) is 5.60 Å². The van der Waals surface area contributed by atoms with Crippen LogP contribution in [0.1, 0.15) is 34.6 Å². The highest BCUT2D eigenvalue weighted by Crippen LogP contribution is 2.39. The molecule has 0 aromatic heterocycles. The molecule has 114 valence electrons. The third-order valence-corrected chi connectivity index (χ3v) is 2.81. The highest BCUT2D eigenvalue weighted by Gasteiger charge is 2.36. The van der Waals surface area contributed by atoms with E-state index in [0.717, 1.165) is 0 Å². The van der Waals surface area contributed by atoms with Crippen LogP contribution in [0.3, 0.4) is 0 Å². The summed E-state index contributed by atoms with van der Waals surface area (Å²) in [5.41, 5.74) is -0.670. The average Bonchev–Trinajstić information content (AvgIpc) is 2.28. The molecule has 0 radical (unpaired) electrons. The molecule has 0 bridgehead atoms. The molecular weight excluding hydrogens is 272 g/mol. The first kappa shape index (κ1) is 15.2. The predicted molar refractivity (Wildman–Crippen MR) is 79.6 cm³/mol. The molecule has 2 N–H and O–H groups in total. The zero-order chi connectivity index (χ0) is 15.8. The van der Waals surface area contributed by atoms with E-state index in [1.54, 1.807) is 52.8 Å². The first-order valence-corrected chi connectivity index (χ1v) is 6.72. The summed E-state index contributed by atoms with van der Waals surface area (Å²) in [6, 6.07) is 5.14. The van der Waals surface area contributed by atoms with Crippen LogP contribution < -0.4 is 15.4 Å². The lowest BCUT2D eigenvalue weighted by atomic mass is 10.1. The first-order valence-electron chi connectivity index (χ1n) is 6.72. The zero-order valence-corrected chi connectivity index (χ0v) is 12.9. The summed E-state index contributed by atoms with van der Waals surface area (Å²) in [6.45, 7) is 8.69. The Kier molecular flexibility index (Phi) is 3.57. The van der Waals surface area contributed by atoms with E-state index in [9.17, 15) is 9.59 Å². The van der Waals surface area contributed by atoms with Crippen LogP contribution in [0.5, 0.6) is 5.75 Å². The lowest BCUT2D eigenvalue weighted by Gasteiger charge is -2.32. The largest absolute Gasteiger partial charge is 0.476 e. The van der Waals surface area contributed by atoms with Crippen molar-refractivity contribution in [2.45, 2.75) is 45.8 Å². The molecule has 0 spiro atoms. The van der Waals surface area contributed by atoms with Crippen LogP contribution >= 0.6 is 0 Å². The molecular formula is C15H20N2O4. The van der Waals surface area contributed by atoms with Crippen LogP contribution in [0.15, 0.2) is 18.2 Å². The molecule has 0 saturated carbocycles. The Morgan fingerprint density at radius 1 is 1.33 bits per heavy atom. The van der Waals surface area contributed by atoms with Crippen molar-refractivity contribution in [1.82, 2.24) is 0 Å². The fraction of sp³-hybridized carbons (Fsp3) is 0.467. The average molecular weight is 292 g/mol. The fourth-order valence-corrected chi connectivity index (χ4v) is 1.85. The summed E-state index contributed by atoms with van der Waals surface area (Å²) in [5.74, 6) is 0.238. The normalized spacial score (nSPS) is 16.3. The van der Waals surface area contributed by atoms with Crippen molar-refractivity contribution < 1.29 is 19.1 Å². The fourth-order valence-electron chi connectivity index (χ4n) is 1.85. The first-order chi connectivity index (χ1) is 9.58. The van der Waals surface area contributed by atoms with Gasteiger partial charge in [-0.2, -0.15) is 0 Å². The number of anilines is 2.